The Labute approximate surface area is 103 Å². The van der Waals surface area contributed by atoms with Crippen LogP contribution in [0.4, 0.5) is 0 Å². The molecule has 1 heterocycles. The van der Waals surface area contributed by atoms with Gasteiger partial charge in [0.1, 0.15) is 13.2 Å². The number of hydrogen-bond acceptors (Lipinski definition) is 6. The molecule has 0 amide bonds. The van der Waals surface area contributed by atoms with Gasteiger partial charge in [0, 0.05) is 5.56 Å². The highest BCUT2D eigenvalue weighted by atomic mass is 16.6. The number of fused-ring (bicyclic) bond motifs is 1. The summed E-state index contributed by atoms with van der Waals surface area (Å²) in [6.45, 7) is 0.599. The van der Waals surface area contributed by atoms with E-state index >= 15 is 0 Å². The minimum Gasteiger partial charge on any atom is -0.486 e. The fraction of sp³-hybridized carbons (Fsp3) is 0.333. The van der Waals surface area contributed by atoms with Crippen molar-refractivity contribution in [3.05, 3.63) is 23.3 Å². The van der Waals surface area contributed by atoms with E-state index in [-0.39, 0.29) is 23.7 Å². The summed E-state index contributed by atoms with van der Waals surface area (Å²) in [5.74, 6) is -0.342. The maximum Gasteiger partial charge on any atom is 0.339 e. The molecule has 0 radical (unpaired) electrons. The summed E-state index contributed by atoms with van der Waals surface area (Å²) in [7, 11) is 1.18. The number of aliphatic hydroxyl groups is 1. The van der Waals surface area contributed by atoms with Gasteiger partial charge in [0.05, 0.1) is 12.7 Å². The van der Waals surface area contributed by atoms with Gasteiger partial charge in [0.15, 0.2) is 23.9 Å². The first-order chi connectivity index (χ1) is 8.69. The largest absolute Gasteiger partial charge is 0.486 e. The van der Waals surface area contributed by atoms with Gasteiger partial charge in [0.25, 0.3) is 0 Å². The van der Waals surface area contributed by atoms with Crippen LogP contribution in [0.3, 0.4) is 0 Å². The van der Waals surface area contributed by atoms with Crippen molar-refractivity contribution in [1.82, 2.24) is 0 Å². The number of methoxy groups -OCH3 is 1. The second-order valence-electron chi connectivity index (χ2n) is 3.64. The van der Waals surface area contributed by atoms with Crippen LogP contribution in [-0.2, 0) is 9.53 Å². The average molecular weight is 252 g/mol. The van der Waals surface area contributed by atoms with Crippen LogP contribution in [0, 0.1) is 0 Å². The lowest BCUT2D eigenvalue weighted by atomic mass is 10.0. The van der Waals surface area contributed by atoms with Crippen LogP contribution in [0.2, 0.25) is 0 Å². The smallest absolute Gasteiger partial charge is 0.339 e. The number of carbonyl (C=O) groups is 2. The lowest BCUT2D eigenvalue weighted by molar-refractivity contribution is -0.150. The first kappa shape index (κ1) is 12.4. The predicted molar refractivity (Wildman–Crippen MR) is 59.8 cm³/mol. The van der Waals surface area contributed by atoms with Crippen LogP contribution in [-0.4, -0.2) is 37.7 Å². The molecule has 0 bridgehead atoms. The molecule has 1 aromatic carbocycles. The Morgan fingerprint density at radius 2 is 2.06 bits per heavy atom. The number of ether oxygens (including phenoxy) is 3. The number of hydrogen-bond donors (Lipinski definition) is 1. The van der Waals surface area contributed by atoms with E-state index in [1.165, 1.54) is 19.2 Å². The van der Waals surface area contributed by atoms with Crippen molar-refractivity contribution in [2.24, 2.45) is 0 Å². The van der Waals surface area contributed by atoms with Gasteiger partial charge in [-0.2, -0.15) is 0 Å². The Bertz CT molecular complexity index is 482. The first-order valence-corrected chi connectivity index (χ1v) is 5.32. The molecule has 6 nitrogen and oxygen atoms in total. The molecule has 0 aliphatic carbocycles. The van der Waals surface area contributed by atoms with E-state index in [1.807, 2.05) is 0 Å². The second-order valence-corrected chi connectivity index (χ2v) is 3.64. The normalized spacial score (nSPS) is 14.8. The Morgan fingerprint density at radius 1 is 1.39 bits per heavy atom. The SMILES string of the molecule is COC(=O)C(O)c1ccc(C=O)c2c1OCCO2. The molecular formula is C12H12O6. The Kier molecular flexibility index (Phi) is 3.47. The van der Waals surface area contributed by atoms with E-state index in [1.54, 1.807) is 0 Å². The highest BCUT2D eigenvalue weighted by Crippen LogP contribution is 2.39. The fourth-order valence-electron chi connectivity index (χ4n) is 1.73. The Morgan fingerprint density at radius 3 is 2.67 bits per heavy atom. The second kappa shape index (κ2) is 5.05. The molecule has 0 fully saturated rings. The average Bonchev–Trinajstić information content (AvgIpc) is 2.44. The summed E-state index contributed by atoms with van der Waals surface area (Å²) < 4.78 is 15.2. The van der Waals surface area contributed by atoms with Gasteiger partial charge in [-0.25, -0.2) is 4.79 Å². The molecule has 1 aliphatic rings. The zero-order valence-electron chi connectivity index (χ0n) is 9.71. The topological polar surface area (TPSA) is 82.1 Å². The van der Waals surface area contributed by atoms with E-state index in [0.29, 0.717) is 18.5 Å². The van der Waals surface area contributed by atoms with Crippen molar-refractivity contribution < 1.29 is 28.9 Å². The highest BCUT2D eigenvalue weighted by Gasteiger charge is 2.27. The quantitative estimate of drug-likeness (QED) is 0.622. The van der Waals surface area contributed by atoms with Crippen molar-refractivity contribution in [1.29, 1.82) is 0 Å². The maximum absolute atomic E-state index is 11.3. The lowest BCUT2D eigenvalue weighted by Crippen LogP contribution is -2.21. The minimum atomic E-state index is -1.47. The van der Waals surface area contributed by atoms with Crippen LogP contribution in [0.25, 0.3) is 0 Å². The van der Waals surface area contributed by atoms with E-state index in [4.69, 9.17) is 9.47 Å². The summed E-state index contributed by atoms with van der Waals surface area (Å²) in [6.07, 6.45) is -0.840. The van der Waals surface area contributed by atoms with Crippen molar-refractivity contribution in [3.8, 4) is 11.5 Å². The molecular weight excluding hydrogens is 240 g/mol. The third kappa shape index (κ3) is 2.02. The van der Waals surface area contributed by atoms with E-state index in [2.05, 4.69) is 4.74 Å². The van der Waals surface area contributed by atoms with Crippen LogP contribution in [0.5, 0.6) is 11.5 Å². The molecule has 1 unspecified atom stereocenters. The molecule has 1 N–H and O–H groups in total. The summed E-state index contributed by atoms with van der Waals surface area (Å²) in [4.78, 5) is 22.2. The first-order valence-electron chi connectivity index (χ1n) is 5.32. The van der Waals surface area contributed by atoms with Crippen molar-refractivity contribution in [2.75, 3.05) is 20.3 Å². The van der Waals surface area contributed by atoms with Crippen molar-refractivity contribution >= 4 is 12.3 Å². The molecule has 1 atom stereocenters. The van der Waals surface area contributed by atoms with Crippen LogP contribution >= 0.6 is 0 Å². The molecule has 0 aromatic heterocycles. The van der Waals surface area contributed by atoms with E-state index in [9.17, 15) is 14.7 Å². The molecule has 18 heavy (non-hydrogen) atoms. The lowest BCUT2D eigenvalue weighted by Gasteiger charge is -2.23. The number of carbonyl (C=O) groups excluding carboxylic acids is 2. The third-order valence-corrected chi connectivity index (χ3v) is 2.60. The molecule has 1 aliphatic heterocycles. The van der Waals surface area contributed by atoms with E-state index < -0.39 is 12.1 Å². The molecule has 6 heteroatoms. The minimum absolute atomic E-state index is 0.212. The zero-order chi connectivity index (χ0) is 13.1. The molecule has 0 saturated heterocycles. The summed E-state index contributed by atoms with van der Waals surface area (Å²) in [5, 5.41) is 9.81. The summed E-state index contributed by atoms with van der Waals surface area (Å²) in [6, 6.07) is 2.90. The van der Waals surface area contributed by atoms with Gasteiger partial charge in [0.2, 0.25) is 0 Å². The van der Waals surface area contributed by atoms with Gasteiger partial charge in [-0.15, -0.1) is 0 Å². The number of esters is 1. The van der Waals surface area contributed by atoms with Gasteiger partial charge in [-0.05, 0) is 6.07 Å². The molecule has 96 valence electrons. The molecule has 1 aromatic rings. The molecule has 0 spiro atoms. The number of aldehydes is 1. The standard InChI is InChI=1S/C12H12O6/c1-16-12(15)9(14)8-3-2-7(6-13)10-11(8)18-5-4-17-10/h2-3,6,9,14H,4-5H2,1H3. The summed E-state index contributed by atoms with van der Waals surface area (Å²) in [5.41, 5.74) is 0.535. The Hall–Kier alpha value is -2.08. The van der Waals surface area contributed by atoms with Crippen molar-refractivity contribution in [3.63, 3.8) is 0 Å². The monoisotopic (exact) mass is 252 g/mol. The third-order valence-electron chi connectivity index (χ3n) is 2.60. The zero-order valence-corrected chi connectivity index (χ0v) is 9.71. The van der Waals surface area contributed by atoms with Crippen LogP contribution < -0.4 is 9.47 Å². The number of aliphatic hydroxyl groups excluding tert-OH is 1. The van der Waals surface area contributed by atoms with E-state index in [0.717, 1.165) is 0 Å². The Balaban J connectivity index is 2.49. The summed E-state index contributed by atoms with van der Waals surface area (Å²) >= 11 is 0. The number of rotatable bonds is 3. The maximum atomic E-state index is 11.3. The van der Waals surface area contributed by atoms with Gasteiger partial charge in [-0.3, -0.25) is 4.79 Å². The molecule has 0 saturated carbocycles. The van der Waals surface area contributed by atoms with Gasteiger partial charge < -0.3 is 19.3 Å². The van der Waals surface area contributed by atoms with Crippen LogP contribution in [0.1, 0.15) is 22.0 Å². The predicted octanol–water partition coefficient (Wildman–Crippen LogP) is 0.477. The number of benzene rings is 1. The van der Waals surface area contributed by atoms with Gasteiger partial charge in [-0.1, -0.05) is 6.07 Å². The highest BCUT2D eigenvalue weighted by molar-refractivity contribution is 5.84. The fourth-order valence-corrected chi connectivity index (χ4v) is 1.73. The van der Waals surface area contributed by atoms with Crippen LogP contribution in [0.15, 0.2) is 12.1 Å². The van der Waals surface area contributed by atoms with Gasteiger partial charge >= 0.3 is 5.97 Å². The molecule has 2 rings (SSSR count). The van der Waals surface area contributed by atoms with Crippen molar-refractivity contribution in [2.45, 2.75) is 6.10 Å².